The number of aliphatic carboxylic acids is 1. The maximum absolute atomic E-state index is 11.8. The van der Waals surface area contributed by atoms with E-state index in [1.807, 2.05) is 6.92 Å². The Balaban J connectivity index is 2.02. The zero-order chi connectivity index (χ0) is 12.7. The van der Waals surface area contributed by atoms with Gasteiger partial charge in [-0.15, -0.1) is 0 Å². The molecule has 0 aliphatic carbocycles. The fourth-order valence-corrected chi connectivity index (χ4v) is 2.14. The predicted octanol–water partition coefficient (Wildman–Crippen LogP) is 0.746. The van der Waals surface area contributed by atoms with Crippen molar-refractivity contribution >= 4 is 11.9 Å². The quantitative estimate of drug-likeness (QED) is 0.576. The van der Waals surface area contributed by atoms with Crippen molar-refractivity contribution in [2.75, 3.05) is 13.1 Å². The van der Waals surface area contributed by atoms with E-state index in [-0.39, 0.29) is 24.3 Å². The molecule has 98 valence electrons. The number of nitrogens with one attached hydrogen (secondary N) is 2. The zero-order valence-corrected chi connectivity index (χ0v) is 10.4. The highest BCUT2D eigenvalue weighted by atomic mass is 16.4. The summed E-state index contributed by atoms with van der Waals surface area (Å²) >= 11 is 0. The van der Waals surface area contributed by atoms with E-state index in [4.69, 9.17) is 5.11 Å². The maximum Gasteiger partial charge on any atom is 0.303 e. The highest BCUT2D eigenvalue weighted by Crippen LogP contribution is 2.14. The second kappa shape index (κ2) is 7.27. The lowest BCUT2D eigenvalue weighted by molar-refractivity contribution is -0.137. The molecule has 0 aromatic heterocycles. The number of unbranched alkanes of at least 4 members (excludes halogenated alkanes) is 2. The van der Waals surface area contributed by atoms with Gasteiger partial charge in [-0.2, -0.15) is 0 Å². The molecule has 0 bridgehead atoms. The van der Waals surface area contributed by atoms with Crippen LogP contribution in [-0.4, -0.2) is 36.1 Å². The molecule has 0 aromatic rings. The van der Waals surface area contributed by atoms with Crippen LogP contribution in [-0.2, 0) is 9.59 Å². The van der Waals surface area contributed by atoms with Crippen molar-refractivity contribution in [3.63, 3.8) is 0 Å². The van der Waals surface area contributed by atoms with Crippen LogP contribution in [0.1, 0.15) is 39.0 Å². The highest BCUT2D eigenvalue weighted by Gasteiger charge is 2.28. The molecule has 2 atom stereocenters. The Morgan fingerprint density at radius 2 is 2.12 bits per heavy atom. The third-order valence-electron chi connectivity index (χ3n) is 3.23. The Morgan fingerprint density at radius 1 is 1.35 bits per heavy atom. The van der Waals surface area contributed by atoms with Gasteiger partial charge in [0.25, 0.3) is 0 Å². The fraction of sp³-hybridized carbons (Fsp3) is 0.833. The summed E-state index contributed by atoms with van der Waals surface area (Å²) in [5.74, 6) is -0.533. The molecule has 5 heteroatoms. The van der Waals surface area contributed by atoms with Gasteiger partial charge in [-0.25, -0.2) is 0 Å². The average molecular weight is 242 g/mol. The second-order valence-corrected chi connectivity index (χ2v) is 4.63. The van der Waals surface area contributed by atoms with E-state index < -0.39 is 5.97 Å². The van der Waals surface area contributed by atoms with Crippen LogP contribution in [0.4, 0.5) is 0 Å². The highest BCUT2D eigenvalue weighted by molar-refractivity contribution is 5.79. The molecule has 1 fully saturated rings. The fourth-order valence-electron chi connectivity index (χ4n) is 2.14. The minimum absolute atomic E-state index is 0.0917. The van der Waals surface area contributed by atoms with Crippen LogP contribution in [0.3, 0.4) is 0 Å². The second-order valence-electron chi connectivity index (χ2n) is 4.63. The van der Waals surface area contributed by atoms with Crippen LogP contribution in [0, 0.1) is 5.92 Å². The lowest BCUT2D eigenvalue weighted by Crippen LogP contribution is -2.37. The van der Waals surface area contributed by atoms with Crippen molar-refractivity contribution in [2.45, 2.75) is 45.1 Å². The normalized spacial score (nSPS) is 23.6. The Labute approximate surface area is 102 Å². The molecule has 0 radical (unpaired) electrons. The number of carbonyl (C=O) groups excluding carboxylic acids is 1. The largest absolute Gasteiger partial charge is 0.481 e. The van der Waals surface area contributed by atoms with Crippen LogP contribution >= 0.6 is 0 Å². The Morgan fingerprint density at radius 3 is 2.71 bits per heavy atom. The van der Waals surface area contributed by atoms with E-state index >= 15 is 0 Å². The minimum atomic E-state index is -0.750. The number of amides is 1. The van der Waals surface area contributed by atoms with Gasteiger partial charge in [0.15, 0.2) is 0 Å². The van der Waals surface area contributed by atoms with Crippen LogP contribution < -0.4 is 10.6 Å². The maximum atomic E-state index is 11.8. The first-order valence-corrected chi connectivity index (χ1v) is 6.34. The smallest absolute Gasteiger partial charge is 0.303 e. The predicted molar refractivity (Wildman–Crippen MR) is 64.7 cm³/mol. The molecule has 1 heterocycles. The number of hydrogen-bond donors (Lipinski definition) is 3. The molecule has 0 saturated carbocycles. The number of carboxylic acid groups (broad SMARTS) is 1. The van der Waals surface area contributed by atoms with Gasteiger partial charge in [0.1, 0.15) is 0 Å². The van der Waals surface area contributed by atoms with Crippen LogP contribution in [0.5, 0.6) is 0 Å². The third-order valence-corrected chi connectivity index (χ3v) is 3.23. The van der Waals surface area contributed by atoms with Gasteiger partial charge in [0.05, 0.1) is 5.92 Å². The van der Waals surface area contributed by atoms with Gasteiger partial charge < -0.3 is 15.7 Å². The van der Waals surface area contributed by atoms with Gasteiger partial charge in [0.2, 0.25) is 5.91 Å². The van der Waals surface area contributed by atoms with E-state index in [1.54, 1.807) is 0 Å². The lowest BCUT2D eigenvalue weighted by Gasteiger charge is -2.14. The molecule has 1 rings (SSSR count). The van der Waals surface area contributed by atoms with Crippen molar-refractivity contribution in [3.8, 4) is 0 Å². The van der Waals surface area contributed by atoms with Crippen LogP contribution in [0.25, 0.3) is 0 Å². The van der Waals surface area contributed by atoms with Crippen molar-refractivity contribution in [1.29, 1.82) is 0 Å². The van der Waals surface area contributed by atoms with Crippen LogP contribution in [0.2, 0.25) is 0 Å². The summed E-state index contributed by atoms with van der Waals surface area (Å²) in [5, 5.41) is 14.6. The van der Waals surface area contributed by atoms with E-state index in [2.05, 4.69) is 10.6 Å². The molecule has 2 unspecified atom stereocenters. The molecule has 1 amide bonds. The van der Waals surface area contributed by atoms with Crippen molar-refractivity contribution in [1.82, 2.24) is 10.6 Å². The van der Waals surface area contributed by atoms with Gasteiger partial charge in [-0.05, 0) is 32.7 Å². The van der Waals surface area contributed by atoms with Crippen LogP contribution in [0.15, 0.2) is 0 Å². The average Bonchev–Trinajstić information content (AvgIpc) is 2.69. The standard InChI is InChI=1S/C12H22N2O3/c1-9-10(6-8-13-9)12(17)14-7-4-2-3-5-11(15)16/h9-10,13H,2-8H2,1H3,(H,14,17)(H,15,16). The molecule has 1 saturated heterocycles. The lowest BCUT2D eigenvalue weighted by atomic mass is 10.0. The molecule has 1 aliphatic rings. The first-order valence-electron chi connectivity index (χ1n) is 6.34. The summed E-state index contributed by atoms with van der Waals surface area (Å²) in [6.07, 6.45) is 3.52. The molecule has 17 heavy (non-hydrogen) atoms. The van der Waals surface area contributed by atoms with E-state index in [1.165, 1.54) is 0 Å². The molecule has 5 nitrogen and oxygen atoms in total. The summed E-state index contributed by atoms with van der Waals surface area (Å²) in [6.45, 7) is 3.60. The van der Waals surface area contributed by atoms with Gasteiger partial charge >= 0.3 is 5.97 Å². The molecule has 0 spiro atoms. The Kier molecular flexibility index (Phi) is 5.97. The van der Waals surface area contributed by atoms with Gasteiger partial charge in [-0.3, -0.25) is 9.59 Å². The van der Waals surface area contributed by atoms with E-state index in [0.717, 1.165) is 25.8 Å². The van der Waals surface area contributed by atoms with Gasteiger partial charge in [0, 0.05) is 19.0 Å². The molecule has 3 N–H and O–H groups in total. The Bertz CT molecular complexity index is 268. The minimum Gasteiger partial charge on any atom is -0.481 e. The molecular formula is C12H22N2O3. The van der Waals surface area contributed by atoms with Gasteiger partial charge in [-0.1, -0.05) is 6.42 Å². The topological polar surface area (TPSA) is 78.4 Å². The first kappa shape index (κ1) is 14.0. The number of hydrogen-bond acceptors (Lipinski definition) is 3. The monoisotopic (exact) mass is 242 g/mol. The molecular weight excluding hydrogens is 220 g/mol. The van der Waals surface area contributed by atoms with E-state index in [0.29, 0.717) is 13.0 Å². The molecule has 1 aliphatic heterocycles. The first-order chi connectivity index (χ1) is 8.11. The van der Waals surface area contributed by atoms with E-state index in [9.17, 15) is 9.59 Å². The SMILES string of the molecule is CC1NCCC1C(=O)NCCCCCC(=O)O. The van der Waals surface area contributed by atoms with Crippen molar-refractivity contribution < 1.29 is 14.7 Å². The number of rotatable bonds is 7. The summed E-state index contributed by atoms with van der Waals surface area (Å²) in [5.41, 5.74) is 0. The summed E-state index contributed by atoms with van der Waals surface area (Å²) < 4.78 is 0. The van der Waals surface area contributed by atoms with Crippen molar-refractivity contribution in [3.05, 3.63) is 0 Å². The number of carbonyl (C=O) groups is 2. The Hall–Kier alpha value is -1.10. The summed E-state index contributed by atoms with van der Waals surface area (Å²) in [4.78, 5) is 22.0. The molecule has 0 aromatic carbocycles. The third kappa shape index (κ3) is 5.17. The number of carboxylic acids is 1. The summed E-state index contributed by atoms with van der Waals surface area (Å²) in [6, 6.07) is 0.266. The summed E-state index contributed by atoms with van der Waals surface area (Å²) in [7, 11) is 0. The van der Waals surface area contributed by atoms with Crippen molar-refractivity contribution in [2.24, 2.45) is 5.92 Å². The zero-order valence-electron chi connectivity index (χ0n) is 10.4.